The normalized spacial score (nSPS) is 14.4. The highest BCUT2D eigenvalue weighted by Gasteiger charge is 2.20. The molecule has 1 aromatic heterocycles. The Kier molecular flexibility index (Phi) is 6.76. The van der Waals surface area contributed by atoms with E-state index in [0.29, 0.717) is 18.0 Å². The van der Waals surface area contributed by atoms with Gasteiger partial charge >= 0.3 is 0 Å². The molecule has 1 amide bonds. The number of aromatic nitrogens is 2. The summed E-state index contributed by atoms with van der Waals surface area (Å²) in [5.41, 5.74) is 3.41. The molecule has 1 aliphatic rings. The maximum Gasteiger partial charge on any atom is 0.238 e. The van der Waals surface area contributed by atoms with Gasteiger partial charge in [0, 0.05) is 50.2 Å². The second-order valence-electron chi connectivity index (χ2n) is 7.67. The lowest BCUT2D eigenvalue weighted by Crippen LogP contribution is -2.48. The molecule has 0 unspecified atom stereocenters. The third-order valence-electron chi connectivity index (χ3n) is 5.56. The van der Waals surface area contributed by atoms with Crippen molar-refractivity contribution in [3.63, 3.8) is 0 Å². The van der Waals surface area contributed by atoms with Crippen molar-refractivity contribution in [3.05, 3.63) is 59.0 Å². The highest BCUT2D eigenvalue weighted by molar-refractivity contribution is 9.10. The fraction of sp³-hybridized carbons (Fsp3) is 0.304. The number of anilines is 2. The Morgan fingerprint density at radius 3 is 2.50 bits per heavy atom. The van der Waals surface area contributed by atoms with Crippen molar-refractivity contribution >= 4 is 33.2 Å². The zero-order valence-electron chi connectivity index (χ0n) is 18.0. The third-order valence-corrected chi connectivity index (χ3v) is 6.14. The van der Waals surface area contributed by atoms with Crippen molar-refractivity contribution in [2.45, 2.75) is 0 Å². The summed E-state index contributed by atoms with van der Waals surface area (Å²) < 4.78 is 21.3. The number of piperazine rings is 1. The SMILES string of the molecule is COc1ccc(NC(=O)CN2CCN(c3ccc(F)cc3)CC2)cc1-c1c(Br)cnn1C. The predicted molar refractivity (Wildman–Crippen MR) is 127 cm³/mol. The van der Waals surface area contributed by atoms with Crippen LogP contribution in [0.1, 0.15) is 0 Å². The zero-order valence-corrected chi connectivity index (χ0v) is 19.6. The Balaban J connectivity index is 1.37. The zero-order chi connectivity index (χ0) is 22.7. The molecule has 1 N–H and O–H groups in total. The molecule has 32 heavy (non-hydrogen) atoms. The van der Waals surface area contributed by atoms with Crippen LogP contribution in [-0.4, -0.2) is 60.4 Å². The minimum absolute atomic E-state index is 0.0691. The Hall–Kier alpha value is -2.91. The maximum absolute atomic E-state index is 13.1. The first-order chi connectivity index (χ1) is 15.4. The Morgan fingerprint density at radius 2 is 1.88 bits per heavy atom. The largest absolute Gasteiger partial charge is 0.496 e. The van der Waals surface area contributed by atoms with E-state index in [-0.39, 0.29) is 11.7 Å². The van der Waals surface area contributed by atoms with E-state index in [1.807, 2.05) is 25.2 Å². The van der Waals surface area contributed by atoms with E-state index in [0.717, 1.165) is 47.6 Å². The van der Waals surface area contributed by atoms with Gasteiger partial charge in [-0.2, -0.15) is 5.10 Å². The van der Waals surface area contributed by atoms with Crippen molar-refractivity contribution in [1.82, 2.24) is 14.7 Å². The minimum Gasteiger partial charge on any atom is -0.496 e. The van der Waals surface area contributed by atoms with E-state index >= 15 is 0 Å². The molecule has 0 spiro atoms. The van der Waals surface area contributed by atoms with Gasteiger partial charge in [0.1, 0.15) is 11.6 Å². The van der Waals surface area contributed by atoms with Gasteiger partial charge in [-0.05, 0) is 58.4 Å². The molecule has 2 aromatic carbocycles. The number of ether oxygens (including phenoxy) is 1. The maximum atomic E-state index is 13.1. The minimum atomic E-state index is -0.235. The molecule has 0 radical (unpaired) electrons. The van der Waals surface area contributed by atoms with E-state index in [4.69, 9.17) is 4.74 Å². The summed E-state index contributed by atoms with van der Waals surface area (Å²) >= 11 is 3.53. The predicted octanol–water partition coefficient (Wildman–Crippen LogP) is 3.76. The number of rotatable bonds is 6. The van der Waals surface area contributed by atoms with Gasteiger partial charge in [0.2, 0.25) is 5.91 Å². The van der Waals surface area contributed by atoms with Crippen molar-refractivity contribution in [2.75, 3.05) is 50.1 Å². The van der Waals surface area contributed by atoms with Gasteiger partial charge in [-0.3, -0.25) is 14.4 Å². The van der Waals surface area contributed by atoms with Crippen LogP contribution in [-0.2, 0) is 11.8 Å². The number of hydrogen-bond acceptors (Lipinski definition) is 5. The lowest BCUT2D eigenvalue weighted by atomic mass is 10.1. The molecule has 1 fully saturated rings. The number of halogens is 2. The highest BCUT2D eigenvalue weighted by atomic mass is 79.9. The van der Waals surface area contributed by atoms with Crippen LogP contribution in [0.3, 0.4) is 0 Å². The standard InChI is InChI=1S/C23H25BrFN5O2/c1-28-23(20(24)14-26-28)19-13-17(5-8-21(19)32-2)27-22(31)15-29-9-11-30(12-10-29)18-6-3-16(25)4-7-18/h3-8,13-14H,9-12,15H2,1-2H3,(H,27,31). The first-order valence-electron chi connectivity index (χ1n) is 10.3. The molecule has 3 aromatic rings. The topological polar surface area (TPSA) is 62.6 Å². The number of aryl methyl sites for hydroxylation is 1. The second kappa shape index (κ2) is 9.70. The quantitative estimate of drug-likeness (QED) is 0.557. The lowest BCUT2D eigenvalue weighted by molar-refractivity contribution is -0.117. The number of benzene rings is 2. The summed E-state index contributed by atoms with van der Waals surface area (Å²) in [5, 5.41) is 7.26. The number of nitrogens with zero attached hydrogens (tertiary/aromatic N) is 4. The van der Waals surface area contributed by atoms with Crippen LogP contribution < -0.4 is 15.0 Å². The molecule has 7 nitrogen and oxygen atoms in total. The van der Waals surface area contributed by atoms with Crippen LogP contribution in [0.25, 0.3) is 11.3 Å². The van der Waals surface area contributed by atoms with E-state index < -0.39 is 0 Å². The molecule has 0 saturated carbocycles. The molecular formula is C23H25BrFN5O2. The van der Waals surface area contributed by atoms with Crippen LogP contribution in [0, 0.1) is 5.82 Å². The molecule has 2 heterocycles. The molecule has 4 rings (SSSR count). The number of carbonyl (C=O) groups excluding carboxylic acids is 1. The van der Waals surface area contributed by atoms with Crippen LogP contribution in [0.15, 0.2) is 53.1 Å². The summed E-state index contributed by atoms with van der Waals surface area (Å²) in [4.78, 5) is 17.0. The van der Waals surface area contributed by atoms with Crippen LogP contribution in [0.2, 0.25) is 0 Å². The molecule has 0 aliphatic carbocycles. The first kappa shape index (κ1) is 22.3. The number of nitrogens with one attached hydrogen (secondary N) is 1. The van der Waals surface area contributed by atoms with E-state index in [9.17, 15) is 9.18 Å². The second-order valence-corrected chi connectivity index (χ2v) is 8.52. The molecule has 168 valence electrons. The van der Waals surface area contributed by atoms with Gasteiger partial charge in [0.25, 0.3) is 0 Å². The molecule has 1 saturated heterocycles. The average molecular weight is 502 g/mol. The van der Waals surface area contributed by atoms with Gasteiger partial charge in [-0.25, -0.2) is 4.39 Å². The number of amides is 1. The van der Waals surface area contributed by atoms with E-state index in [1.165, 1.54) is 12.1 Å². The summed E-state index contributed by atoms with van der Waals surface area (Å²) in [7, 11) is 3.48. The van der Waals surface area contributed by atoms with E-state index in [1.54, 1.807) is 30.1 Å². The monoisotopic (exact) mass is 501 g/mol. The molecule has 1 aliphatic heterocycles. The number of carbonyl (C=O) groups is 1. The van der Waals surface area contributed by atoms with Crippen LogP contribution in [0.4, 0.5) is 15.8 Å². The summed E-state index contributed by atoms with van der Waals surface area (Å²) in [5.74, 6) is 0.395. The summed E-state index contributed by atoms with van der Waals surface area (Å²) in [6.45, 7) is 3.43. The average Bonchev–Trinajstić information content (AvgIpc) is 3.12. The van der Waals surface area contributed by atoms with Gasteiger partial charge in [0.05, 0.1) is 30.0 Å². The van der Waals surface area contributed by atoms with Gasteiger partial charge in [-0.1, -0.05) is 0 Å². The van der Waals surface area contributed by atoms with Crippen LogP contribution in [0.5, 0.6) is 5.75 Å². The number of hydrogen-bond donors (Lipinski definition) is 1. The Labute approximate surface area is 194 Å². The van der Waals surface area contributed by atoms with Crippen LogP contribution >= 0.6 is 15.9 Å². The Morgan fingerprint density at radius 1 is 1.16 bits per heavy atom. The first-order valence-corrected chi connectivity index (χ1v) is 11.1. The fourth-order valence-electron chi connectivity index (χ4n) is 3.90. The van der Waals surface area contributed by atoms with Crippen molar-refractivity contribution in [3.8, 4) is 17.0 Å². The number of methoxy groups -OCH3 is 1. The fourth-order valence-corrected chi connectivity index (χ4v) is 4.47. The smallest absolute Gasteiger partial charge is 0.238 e. The summed E-state index contributed by atoms with van der Waals surface area (Å²) in [6, 6.07) is 12.1. The van der Waals surface area contributed by atoms with Gasteiger partial charge < -0.3 is 15.0 Å². The third kappa shape index (κ3) is 4.94. The van der Waals surface area contributed by atoms with Gasteiger partial charge in [0.15, 0.2) is 0 Å². The molecule has 0 bridgehead atoms. The highest BCUT2D eigenvalue weighted by Crippen LogP contribution is 2.36. The molecule has 0 atom stereocenters. The van der Waals surface area contributed by atoms with Crippen molar-refractivity contribution in [1.29, 1.82) is 0 Å². The van der Waals surface area contributed by atoms with Crippen molar-refractivity contribution < 1.29 is 13.9 Å². The molecular weight excluding hydrogens is 477 g/mol. The Bertz CT molecular complexity index is 1070. The van der Waals surface area contributed by atoms with Crippen molar-refractivity contribution in [2.24, 2.45) is 7.05 Å². The molecule has 9 heteroatoms. The van der Waals surface area contributed by atoms with E-state index in [2.05, 4.69) is 36.1 Å². The summed E-state index contributed by atoms with van der Waals surface area (Å²) in [6.07, 6.45) is 1.73. The lowest BCUT2D eigenvalue weighted by Gasteiger charge is -2.35. The van der Waals surface area contributed by atoms with Gasteiger partial charge in [-0.15, -0.1) is 0 Å².